The molecule has 1 saturated carbocycles. The van der Waals surface area contributed by atoms with Crippen molar-refractivity contribution in [2.75, 3.05) is 19.1 Å². The number of amides is 1. The lowest BCUT2D eigenvalue weighted by Crippen LogP contribution is -2.25. The van der Waals surface area contributed by atoms with Crippen LogP contribution < -0.4 is 5.32 Å². The normalized spacial score (nSPS) is 14.3. The minimum atomic E-state index is -0.0604. The smallest absolute Gasteiger partial charge is 0.251 e. The molecule has 0 unspecified atom stereocenters. The van der Waals surface area contributed by atoms with E-state index in [2.05, 4.69) is 31.3 Å². The zero-order valence-corrected chi connectivity index (χ0v) is 19.6. The summed E-state index contributed by atoms with van der Waals surface area (Å²) in [5, 5.41) is 13.8. The van der Waals surface area contributed by atoms with Gasteiger partial charge in [0.15, 0.2) is 10.3 Å². The van der Waals surface area contributed by atoms with E-state index in [0.717, 1.165) is 34.7 Å². The van der Waals surface area contributed by atoms with Gasteiger partial charge in [0.05, 0.1) is 0 Å². The lowest BCUT2D eigenvalue weighted by molar-refractivity contribution is 0.0953. The average molecular weight is 457 g/mol. The summed E-state index contributed by atoms with van der Waals surface area (Å²) in [6.07, 6.45) is 14.4. The highest BCUT2D eigenvalue weighted by molar-refractivity contribution is 7.98. The van der Waals surface area contributed by atoms with Crippen molar-refractivity contribution in [2.24, 2.45) is 0 Å². The van der Waals surface area contributed by atoms with Gasteiger partial charge in [-0.15, -0.1) is 10.2 Å². The van der Waals surface area contributed by atoms with E-state index in [1.165, 1.54) is 25.7 Å². The minimum absolute atomic E-state index is 0.0604. The molecule has 1 N–H and O–H groups in total. The third-order valence-corrected chi connectivity index (χ3v) is 6.96. The highest BCUT2D eigenvalue weighted by Gasteiger charge is 2.23. The topological polar surface area (TPSA) is 77.6 Å². The maximum absolute atomic E-state index is 12.7. The highest BCUT2D eigenvalue weighted by Crippen LogP contribution is 2.33. The van der Waals surface area contributed by atoms with Crippen molar-refractivity contribution in [3.05, 3.63) is 48.0 Å². The second-order valence-electron chi connectivity index (χ2n) is 7.60. The third kappa shape index (κ3) is 4.98. The van der Waals surface area contributed by atoms with Crippen LogP contribution in [-0.4, -0.2) is 49.3 Å². The average Bonchev–Trinajstić information content (AvgIpc) is 3.56. The van der Waals surface area contributed by atoms with E-state index in [-0.39, 0.29) is 5.91 Å². The second-order valence-corrected chi connectivity index (χ2v) is 9.15. The molecule has 1 amide bonds. The predicted molar refractivity (Wildman–Crippen MR) is 125 cm³/mol. The number of hydrogen-bond acceptors (Lipinski definition) is 6. The number of benzene rings is 1. The Hall–Kier alpha value is -2.26. The van der Waals surface area contributed by atoms with Gasteiger partial charge in [-0.1, -0.05) is 42.4 Å². The van der Waals surface area contributed by atoms with Crippen molar-refractivity contribution in [1.82, 2.24) is 29.6 Å². The van der Waals surface area contributed by atoms with Crippen LogP contribution in [0, 0.1) is 0 Å². The summed E-state index contributed by atoms with van der Waals surface area (Å²) < 4.78 is 4.32. The molecule has 9 heteroatoms. The van der Waals surface area contributed by atoms with Crippen LogP contribution in [0.5, 0.6) is 0 Å². The maximum Gasteiger partial charge on any atom is 0.251 e. The Morgan fingerprint density at radius 1 is 1.16 bits per heavy atom. The molecule has 7 nitrogen and oxygen atoms in total. The van der Waals surface area contributed by atoms with Crippen molar-refractivity contribution >= 4 is 29.4 Å². The number of nitrogens with one attached hydrogen (secondary N) is 1. The van der Waals surface area contributed by atoms with Gasteiger partial charge in [-0.05, 0) is 50.0 Å². The summed E-state index contributed by atoms with van der Waals surface area (Å²) in [4.78, 5) is 17.0. The Bertz CT molecular complexity index is 1020. The summed E-state index contributed by atoms with van der Waals surface area (Å²) in [5.74, 6) is 0.979. The fraction of sp³-hybridized carbons (Fsp3) is 0.455. The molecule has 1 aliphatic carbocycles. The van der Waals surface area contributed by atoms with Gasteiger partial charge in [0.2, 0.25) is 0 Å². The lowest BCUT2D eigenvalue weighted by atomic mass is 10.2. The number of carbonyl (C=O) groups excluding carboxylic acids is 1. The van der Waals surface area contributed by atoms with Crippen LogP contribution >= 0.6 is 23.5 Å². The zero-order chi connectivity index (χ0) is 21.6. The van der Waals surface area contributed by atoms with Crippen LogP contribution in [0.25, 0.3) is 5.69 Å². The first-order valence-corrected chi connectivity index (χ1v) is 13.1. The van der Waals surface area contributed by atoms with E-state index < -0.39 is 0 Å². The Kier molecular flexibility index (Phi) is 7.34. The van der Waals surface area contributed by atoms with Gasteiger partial charge in [0.25, 0.3) is 5.91 Å². The largest absolute Gasteiger partial charge is 0.352 e. The molecule has 2 heterocycles. The molecule has 0 spiro atoms. The monoisotopic (exact) mass is 456 g/mol. The Morgan fingerprint density at radius 2 is 1.97 bits per heavy atom. The van der Waals surface area contributed by atoms with Crippen LogP contribution in [0.1, 0.15) is 54.3 Å². The van der Waals surface area contributed by atoms with Gasteiger partial charge in [0.1, 0.15) is 5.82 Å². The van der Waals surface area contributed by atoms with Crippen molar-refractivity contribution in [3.8, 4) is 5.69 Å². The Morgan fingerprint density at radius 3 is 2.74 bits per heavy atom. The van der Waals surface area contributed by atoms with Gasteiger partial charge in [-0.2, -0.15) is 0 Å². The molecule has 2 aromatic heterocycles. The molecule has 0 aliphatic heterocycles. The number of rotatable bonds is 9. The molecule has 3 aromatic rings. The first-order chi connectivity index (χ1) is 15.2. The molecule has 0 saturated heterocycles. The molecule has 1 aromatic carbocycles. The maximum atomic E-state index is 12.7. The SMILES string of the molecule is CSc1nccn1-c1cccc(C(=O)NCCCc2nnc(SC)n2C2CCCC2)c1. The van der Waals surface area contributed by atoms with Gasteiger partial charge in [-0.3, -0.25) is 9.36 Å². The number of carbonyl (C=O) groups is 1. The van der Waals surface area contributed by atoms with Crippen LogP contribution in [0.2, 0.25) is 0 Å². The highest BCUT2D eigenvalue weighted by atomic mass is 32.2. The summed E-state index contributed by atoms with van der Waals surface area (Å²) >= 11 is 3.23. The van der Waals surface area contributed by atoms with Gasteiger partial charge >= 0.3 is 0 Å². The molecule has 0 radical (unpaired) electrons. The summed E-state index contributed by atoms with van der Waals surface area (Å²) in [6, 6.07) is 8.16. The molecule has 1 aliphatic rings. The number of nitrogens with zero attached hydrogens (tertiary/aromatic N) is 5. The fourth-order valence-corrected chi connectivity index (χ4v) is 5.23. The molecule has 0 atom stereocenters. The van der Waals surface area contributed by atoms with Crippen LogP contribution in [0.3, 0.4) is 0 Å². The van der Waals surface area contributed by atoms with Gasteiger partial charge < -0.3 is 9.88 Å². The van der Waals surface area contributed by atoms with Crippen molar-refractivity contribution < 1.29 is 4.79 Å². The lowest BCUT2D eigenvalue weighted by Gasteiger charge is -2.16. The molecule has 0 bridgehead atoms. The summed E-state index contributed by atoms with van der Waals surface area (Å²) in [7, 11) is 0. The number of aromatic nitrogens is 5. The van der Waals surface area contributed by atoms with Crippen LogP contribution in [-0.2, 0) is 6.42 Å². The first-order valence-electron chi connectivity index (χ1n) is 10.6. The van der Waals surface area contributed by atoms with Crippen molar-refractivity contribution in [1.29, 1.82) is 0 Å². The molecular weight excluding hydrogens is 428 g/mol. The van der Waals surface area contributed by atoms with E-state index in [4.69, 9.17) is 0 Å². The molecule has 164 valence electrons. The van der Waals surface area contributed by atoms with E-state index in [0.29, 0.717) is 18.2 Å². The Labute approximate surface area is 191 Å². The van der Waals surface area contributed by atoms with Gasteiger partial charge in [-0.25, -0.2) is 4.98 Å². The quantitative estimate of drug-likeness (QED) is 0.380. The molecule has 31 heavy (non-hydrogen) atoms. The van der Waals surface area contributed by atoms with Crippen molar-refractivity contribution in [2.45, 2.75) is 54.9 Å². The number of aryl methyl sites for hydroxylation is 1. The van der Waals surface area contributed by atoms with Crippen LogP contribution in [0.15, 0.2) is 47.0 Å². The second kappa shape index (κ2) is 10.4. The van der Waals surface area contributed by atoms with E-state index >= 15 is 0 Å². The fourth-order valence-electron chi connectivity index (χ4n) is 4.13. The summed E-state index contributed by atoms with van der Waals surface area (Å²) in [5.41, 5.74) is 1.58. The number of imidazole rings is 1. The van der Waals surface area contributed by atoms with Crippen LogP contribution in [0.4, 0.5) is 0 Å². The van der Waals surface area contributed by atoms with Gasteiger partial charge in [0, 0.05) is 42.7 Å². The third-order valence-electron chi connectivity index (χ3n) is 5.65. The molecule has 1 fully saturated rings. The zero-order valence-electron chi connectivity index (χ0n) is 18.0. The summed E-state index contributed by atoms with van der Waals surface area (Å²) in [6.45, 7) is 0.607. The predicted octanol–water partition coefficient (Wildman–Crippen LogP) is 4.39. The number of thioether (sulfide) groups is 2. The standard InChI is InChI=1S/C22H28N6OS2/c1-30-21-24-13-14-27(21)18-10-5-7-16(15-18)20(29)23-12-6-11-19-25-26-22(31-2)28(19)17-8-3-4-9-17/h5,7,10,13-15,17H,3-4,6,8-9,11-12H2,1-2H3,(H,23,29). The van der Waals surface area contributed by atoms with E-state index in [9.17, 15) is 4.79 Å². The Balaban J connectivity index is 1.34. The van der Waals surface area contributed by atoms with Crippen molar-refractivity contribution in [3.63, 3.8) is 0 Å². The first kappa shape index (κ1) is 22.0. The minimum Gasteiger partial charge on any atom is -0.352 e. The molecule has 4 rings (SSSR count). The van der Waals surface area contributed by atoms with E-state index in [1.807, 2.05) is 41.3 Å². The number of hydrogen-bond donors (Lipinski definition) is 1. The molecular formula is C22H28N6OS2. The van der Waals surface area contributed by atoms with E-state index in [1.54, 1.807) is 29.7 Å².